The van der Waals surface area contributed by atoms with Crippen molar-refractivity contribution in [3.63, 3.8) is 0 Å². The highest BCUT2D eigenvalue weighted by molar-refractivity contribution is 6.31. The molecule has 0 spiro atoms. The Kier molecular flexibility index (Phi) is 5.30. The second-order valence-corrected chi connectivity index (χ2v) is 6.35. The predicted molar refractivity (Wildman–Crippen MR) is 85.7 cm³/mol. The summed E-state index contributed by atoms with van der Waals surface area (Å²) in [7, 11) is 0. The van der Waals surface area contributed by atoms with Crippen LogP contribution in [0.25, 0.3) is 0 Å². The maximum atomic E-state index is 6.40. The highest BCUT2D eigenvalue weighted by Gasteiger charge is 2.28. The Balaban J connectivity index is 2.19. The summed E-state index contributed by atoms with van der Waals surface area (Å²) >= 11 is 6.40. The van der Waals surface area contributed by atoms with Crippen molar-refractivity contribution >= 4 is 17.3 Å². The third kappa shape index (κ3) is 3.87. The van der Waals surface area contributed by atoms with Crippen LogP contribution in [-0.2, 0) is 11.3 Å². The Hall–Kier alpha value is -0.770. The fourth-order valence-electron chi connectivity index (χ4n) is 2.63. The van der Waals surface area contributed by atoms with Crippen LogP contribution in [0.1, 0.15) is 32.8 Å². The van der Waals surface area contributed by atoms with E-state index in [2.05, 4.69) is 37.1 Å². The molecule has 3 nitrogen and oxygen atoms in total. The summed E-state index contributed by atoms with van der Waals surface area (Å²) in [4.78, 5) is 2.39. The Morgan fingerprint density at radius 2 is 2.20 bits per heavy atom. The zero-order valence-corrected chi connectivity index (χ0v) is 13.5. The maximum absolute atomic E-state index is 6.40. The largest absolute Gasteiger partial charge is 0.372 e. The van der Waals surface area contributed by atoms with Gasteiger partial charge in [0, 0.05) is 35.9 Å². The topological polar surface area (TPSA) is 24.5 Å². The van der Waals surface area contributed by atoms with Gasteiger partial charge in [0.1, 0.15) is 0 Å². The van der Waals surface area contributed by atoms with E-state index in [1.807, 2.05) is 12.1 Å². The van der Waals surface area contributed by atoms with Crippen molar-refractivity contribution in [1.29, 1.82) is 0 Å². The lowest BCUT2D eigenvalue weighted by Crippen LogP contribution is -2.48. The quantitative estimate of drug-likeness (QED) is 0.842. The normalized spacial score (nSPS) is 18.3. The van der Waals surface area contributed by atoms with Gasteiger partial charge in [0.25, 0.3) is 0 Å². The SMILES string of the molecule is CCCNCc1c(Cl)cccc1N1CCOC(C)(C)C1. The van der Waals surface area contributed by atoms with Crippen molar-refractivity contribution in [2.45, 2.75) is 39.3 Å². The molecular formula is C16H25ClN2O. The minimum atomic E-state index is -0.102. The van der Waals surface area contributed by atoms with Gasteiger partial charge in [-0.25, -0.2) is 0 Å². The Labute approximate surface area is 127 Å². The van der Waals surface area contributed by atoms with Crippen LogP contribution in [0.2, 0.25) is 5.02 Å². The summed E-state index contributed by atoms with van der Waals surface area (Å²) in [6.07, 6.45) is 1.13. The molecule has 112 valence electrons. The Morgan fingerprint density at radius 1 is 1.40 bits per heavy atom. The number of rotatable bonds is 5. The molecule has 0 aliphatic carbocycles. The van der Waals surface area contributed by atoms with Crippen LogP contribution in [0.15, 0.2) is 18.2 Å². The van der Waals surface area contributed by atoms with Crippen molar-refractivity contribution in [3.8, 4) is 0 Å². The fraction of sp³-hybridized carbons (Fsp3) is 0.625. The van der Waals surface area contributed by atoms with Crippen LogP contribution in [0, 0.1) is 0 Å². The van der Waals surface area contributed by atoms with E-state index >= 15 is 0 Å². The molecule has 1 fully saturated rings. The van der Waals surface area contributed by atoms with Crippen LogP contribution < -0.4 is 10.2 Å². The van der Waals surface area contributed by atoms with E-state index in [1.165, 1.54) is 11.3 Å². The van der Waals surface area contributed by atoms with Crippen molar-refractivity contribution in [3.05, 3.63) is 28.8 Å². The molecule has 20 heavy (non-hydrogen) atoms. The van der Waals surface area contributed by atoms with E-state index in [9.17, 15) is 0 Å². The van der Waals surface area contributed by atoms with Crippen LogP contribution in [0.3, 0.4) is 0 Å². The van der Waals surface area contributed by atoms with E-state index in [-0.39, 0.29) is 5.60 Å². The molecule has 1 aliphatic heterocycles. The number of anilines is 1. The molecule has 1 aliphatic rings. The molecule has 0 aromatic heterocycles. The number of nitrogens with zero attached hydrogens (tertiary/aromatic N) is 1. The molecule has 2 rings (SSSR count). The lowest BCUT2D eigenvalue weighted by Gasteiger charge is -2.40. The van der Waals surface area contributed by atoms with Gasteiger partial charge >= 0.3 is 0 Å². The fourth-order valence-corrected chi connectivity index (χ4v) is 2.87. The molecule has 0 saturated carbocycles. The molecule has 1 aromatic carbocycles. The van der Waals surface area contributed by atoms with Gasteiger partial charge in [0.2, 0.25) is 0 Å². The van der Waals surface area contributed by atoms with Gasteiger partial charge in [-0.2, -0.15) is 0 Å². The third-order valence-electron chi connectivity index (χ3n) is 3.59. The van der Waals surface area contributed by atoms with E-state index in [4.69, 9.17) is 16.3 Å². The molecule has 0 radical (unpaired) electrons. The number of nitrogens with one attached hydrogen (secondary N) is 1. The number of benzene rings is 1. The first kappa shape index (κ1) is 15.6. The van der Waals surface area contributed by atoms with Crippen LogP contribution in [0.5, 0.6) is 0 Å². The van der Waals surface area contributed by atoms with E-state index in [0.717, 1.165) is 44.2 Å². The molecule has 0 unspecified atom stereocenters. The zero-order valence-electron chi connectivity index (χ0n) is 12.7. The standard InChI is InChI=1S/C16H25ClN2O/c1-4-8-18-11-13-14(17)6-5-7-15(13)19-9-10-20-16(2,3)12-19/h5-7,18H,4,8-12H2,1-3H3. The van der Waals surface area contributed by atoms with Gasteiger partial charge in [0.05, 0.1) is 12.2 Å². The van der Waals surface area contributed by atoms with Gasteiger partial charge in [0.15, 0.2) is 0 Å². The molecule has 1 heterocycles. The van der Waals surface area contributed by atoms with E-state index in [0.29, 0.717) is 0 Å². The Morgan fingerprint density at radius 3 is 2.90 bits per heavy atom. The van der Waals surface area contributed by atoms with Gasteiger partial charge in [-0.05, 0) is 38.9 Å². The zero-order chi connectivity index (χ0) is 14.6. The van der Waals surface area contributed by atoms with Crippen LogP contribution >= 0.6 is 11.6 Å². The smallest absolute Gasteiger partial charge is 0.0801 e. The molecule has 0 amide bonds. The molecule has 0 atom stereocenters. The average Bonchev–Trinajstić information content (AvgIpc) is 2.39. The van der Waals surface area contributed by atoms with Crippen LogP contribution in [0.4, 0.5) is 5.69 Å². The van der Waals surface area contributed by atoms with Crippen LogP contribution in [-0.4, -0.2) is 31.8 Å². The van der Waals surface area contributed by atoms with E-state index < -0.39 is 0 Å². The summed E-state index contributed by atoms with van der Waals surface area (Å²) in [5.41, 5.74) is 2.33. The van der Waals surface area contributed by atoms with Crippen molar-refractivity contribution in [2.75, 3.05) is 31.1 Å². The first-order valence-electron chi connectivity index (χ1n) is 7.40. The first-order chi connectivity index (χ1) is 9.53. The molecule has 4 heteroatoms. The first-order valence-corrected chi connectivity index (χ1v) is 7.78. The second kappa shape index (κ2) is 6.79. The average molecular weight is 297 g/mol. The van der Waals surface area contributed by atoms with Gasteiger partial charge in [-0.1, -0.05) is 24.6 Å². The molecule has 0 bridgehead atoms. The molecular weight excluding hydrogens is 272 g/mol. The second-order valence-electron chi connectivity index (χ2n) is 5.94. The summed E-state index contributed by atoms with van der Waals surface area (Å²) in [6, 6.07) is 6.17. The highest BCUT2D eigenvalue weighted by Crippen LogP contribution is 2.30. The number of halogens is 1. The summed E-state index contributed by atoms with van der Waals surface area (Å²) < 4.78 is 5.80. The maximum Gasteiger partial charge on any atom is 0.0801 e. The Bertz CT molecular complexity index is 448. The van der Waals surface area contributed by atoms with Gasteiger partial charge < -0.3 is 15.0 Å². The number of hydrogen-bond acceptors (Lipinski definition) is 3. The summed E-state index contributed by atoms with van der Waals surface area (Å²) in [5.74, 6) is 0. The number of hydrogen-bond donors (Lipinski definition) is 1. The van der Waals surface area contributed by atoms with Crippen molar-refractivity contribution in [2.24, 2.45) is 0 Å². The third-order valence-corrected chi connectivity index (χ3v) is 3.94. The van der Waals surface area contributed by atoms with Gasteiger partial charge in [-0.3, -0.25) is 0 Å². The lowest BCUT2D eigenvalue weighted by atomic mass is 10.0. The van der Waals surface area contributed by atoms with Gasteiger partial charge in [-0.15, -0.1) is 0 Å². The minimum absolute atomic E-state index is 0.102. The molecule has 1 saturated heterocycles. The summed E-state index contributed by atoms with van der Waals surface area (Å²) in [5, 5.41) is 4.29. The number of ether oxygens (including phenoxy) is 1. The van der Waals surface area contributed by atoms with E-state index in [1.54, 1.807) is 0 Å². The molecule has 1 N–H and O–H groups in total. The lowest BCUT2D eigenvalue weighted by molar-refractivity contribution is -0.0277. The highest BCUT2D eigenvalue weighted by atomic mass is 35.5. The summed E-state index contributed by atoms with van der Waals surface area (Å²) in [6.45, 7) is 10.9. The molecule has 1 aromatic rings. The monoisotopic (exact) mass is 296 g/mol. The predicted octanol–water partition coefficient (Wildman–Crippen LogP) is 3.45. The number of morpholine rings is 1. The van der Waals surface area contributed by atoms with Crippen molar-refractivity contribution < 1.29 is 4.74 Å². The minimum Gasteiger partial charge on any atom is -0.372 e. The van der Waals surface area contributed by atoms with Crippen molar-refractivity contribution in [1.82, 2.24) is 5.32 Å².